The molecule has 0 saturated heterocycles. The Morgan fingerprint density at radius 3 is 2.31 bits per heavy atom. The lowest BCUT2D eigenvalue weighted by molar-refractivity contribution is -0.116. The lowest BCUT2D eigenvalue weighted by Crippen LogP contribution is -2.33. The van der Waals surface area contributed by atoms with Crippen molar-refractivity contribution in [3.05, 3.63) is 53.6 Å². The van der Waals surface area contributed by atoms with E-state index in [1.165, 1.54) is 19.3 Å². The van der Waals surface area contributed by atoms with Crippen LogP contribution in [0.2, 0.25) is 0 Å². The van der Waals surface area contributed by atoms with E-state index in [-0.39, 0.29) is 11.5 Å². The van der Waals surface area contributed by atoms with E-state index >= 15 is 0 Å². The molecule has 2 aromatic carbocycles. The number of carbonyl (C=O) groups excluding carboxylic acids is 1. The number of nitrogens with zero attached hydrogens (tertiary/aromatic N) is 2. The lowest BCUT2D eigenvalue weighted by atomic mass is 9.98. The monoisotopic (exact) mass is 436 g/mol. The molecule has 3 rings (SSSR count). The van der Waals surface area contributed by atoms with Crippen LogP contribution in [0.4, 0.5) is 5.69 Å². The zero-order valence-corrected chi connectivity index (χ0v) is 19.6. The highest BCUT2D eigenvalue weighted by Gasteiger charge is 2.19. The Morgan fingerprint density at radius 2 is 1.62 bits per heavy atom. The second-order valence-corrected chi connectivity index (χ2v) is 9.30. The van der Waals surface area contributed by atoms with E-state index in [4.69, 9.17) is 0 Å². The third-order valence-electron chi connectivity index (χ3n) is 6.07. The number of carboxylic acids is 1. The summed E-state index contributed by atoms with van der Waals surface area (Å²) in [7, 11) is 0. The van der Waals surface area contributed by atoms with Crippen LogP contribution in [0.3, 0.4) is 0 Å². The molecule has 0 saturated carbocycles. The summed E-state index contributed by atoms with van der Waals surface area (Å²) in [5.41, 5.74) is 4.24. The van der Waals surface area contributed by atoms with E-state index in [0.29, 0.717) is 5.92 Å². The highest BCUT2D eigenvalue weighted by Crippen LogP contribution is 2.30. The molecule has 0 aromatic heterocycles. The number of benzene rings is 2. The maximum absolute atomic E-state index is 12.6. The number of amides is 1. The van der Waals surface area contributed by atoms with E-state index in [1.54, 1.807) is 25.1 Å². The molecule has 1 amide bonds. The Kier molecular flexibility index (Phi) is 8.46. The molecule has 0 unspecified atom stereocenters. The van der Waals surface area contributed by atoms with Crippen LogP contribution >= 0.6 is 0 Å². The van der Waals surface area contributed by atoms with Gasteiger partial charge in [-0.2, -0.15) is 0 Å². The zero-order valence-electron chi connectivity index (χ0n) is 19.6. The second kappa shape index (κ2) is 11.3. The topological polar surface area (TPSA) is 60.9 Å². The Labute approximate surface area is 192 Å². The van der Waals surface area contributed by atoms with Gasteiger partial charge in [0.15, 0.2) is 0 Å². The van der Waals surface area contributed by atoms with Gasteiger partial charge in [0.25, 0.3) is 0 Å². The average molecular weight is 437 g/mol. The van der Waals surface area contributed by atoms with E-state index < -0.39 is 5.97 Å². The van der Waals surface area contributed by atoms with Gasteiger partial charge in [-0.05, 0) is 66.3 Å². The van der Waals surface area contributed by atoms with Crippen molar-refractivity contribution in [2.75, 3.05) is 24.5 Å². The molecule has 172 valence electrons. The third kappa shape index (κ3) is 6.42. The number of carbonyl (C=O) groups is 2. The van der Waals surface area contributed by atoms with Crippen molar-refractivity contribution in [3.63, 3.8) is 0 Å². The molecule has 0 spiro atoms. The lowest BCUT2D eigenvalue weighted by Gasteiger charge is -2.30. The fourth-order valence-corrected chi connectivity index (χ4v) is 4.56. The number of carboxylic acid groups (broad SMARTS) is 1. The molecule has 5 nitrogen and oxygen atoms in total. The molecule has 1 heterocycles. The first-order valence-corrected chi connectivity index (χ1v) is 11.8. The van der Waals surface area contributed by atoms with Crippen molar-refractivity contribution in [2.24, 2.45) is 5.92 Å². The first kappa shape index (κ1) is 24.0. The minimum Gasteiger partial charge on any atom is -0.478 e. The van der Waals surface area contributed by atoms with E-state index in [9.17, 15) is 14.7 Å². The van der Waals surface area contributed by atoms with Crippen molar-refractivity contribution in [2.45, 2.75) is 59.4 Å². The van der Waals surface area contributed by atoms with E-state index in [1.807, 2.05) is 23.1 Å². The predicted octanol–water partition coefficient (Wildman–Crippen LogP) is 5.83. The molecule has 1 aliphatic rings. The van der Waals surface area contributed by atoms with Crippen molar-refractivity contribution < 1.29 is 14.7 Å². The minimum absolute atomic E-state index is 0.0688. The van der Waals surface area contributed by atoms with Crippen LogP contribution in [0, 0.1) is 5.92 Å². The highest BCUT2D eigenvalue weighted by molar-refractivity contribution is 5.93. The number of fused-ring (bicyclic) bond motifs is 1. The summed E-state index contributed by atoms with van der Waals surface area (Å²) < 4.78 is 0. The smallest absolute Gasteiger partial charge is 0.335 e. The highest BCUT2D eigenvalue weighted by atomic mass is 16.4. The fourth-order valence-electron chi connectivity index (χ4n) is 4.56. The summed E-state index contributed by atoms with van der Waals surface area (Å²) in [6.07, 6.45) is 5.79. The molecule has 0 bridgehead atoms. The Balaban J connectivity index is 2.05. The van der Waals surface area contributed by atoms with Gasteiger partial charge in [0, 0.05) is 32.2 Å². The molecule has 0 fully saturated rings. The summed E-state index contributed by atoms with van der Waals surface area (Å²) >= 11 is 0. The van der Waals surface area contributed by atoms with Crippen molar-refractivity contribution in [3.8, 4) is 11.1 Å². The number of anilines is 1. The predicted molar refractivity (Wildman–Crippen MR) is 130 cm³/mol. The number of rotatable bonds is 4. The Bertz CT molecular complexity index is 938. The van der Waals surface area contributed by atoms with Gasteiger partial charge in [-0.25, -0.2) is 4.79 Å². The van der Waals surface area contributed by atoms with Crippen molar-refractivity contribution in [1.29, 1.82) is 0 Å². The summed E-state index contributed by atoms with van der Waals surface area (Å²) in [5, 5.41) is 9.39. The normalized spacial score (nSPS) is 16.2. The molecule has 32 heavy (non-hydrogen) atoms. The van der Waals surface area contributed by atoms with Crippen LogP contribution < -0.4 is 4.90 Å². The average Bonchev–Trinajstić information content (AvgIpc) is 2.74. The molecule has 5 heteroatoms. The zero-order chi connectivity index (χ0) is 23.1. The molecule has 1 aliphatic heterocycles. The number of aromatic carboxylic acids is 1. The molecular formula is C27H36N2O3. The first-order chi connectivity index (χ1) is 15.3. The molecule has 0 aliphatic carbocycles. The second-order valence-electron chi connectivity index (χ2n) is 9.30. The Morgan fingerprint density at radius 1 is 0.938 bits per heavy atom. The van der Waals surface area contributed by atoms with Gasteiger partial charge in [0.1, 0.15) is 0 Å². The number of hydrogen-bond acceptors (Lipinski definition) is 3. The Hall–Kier alpha value is -2.66. The first-order valence-electron chi connectivity index (χ1n) is 11.8. The number of hydrogen-bond donors (Lipinski definition) is 1. The molecular weight excluding hydrogens is 400 g/mol. The minimum atomic E-state index is -0.927. The van der Waals surface area contributed by atoms with Crippen LogP contribution in [0.25, 0.3) is 11.1 Å². The van der Waals surface area contributed by atoms with Gasteiger partial charge in [-0.1, -0.05) is 51.3 Å². The van der Waals surface area contributed by atoms with Gasteiger partial charge in [-0.15, -0.1) is 0 Å². The van der Waals surface area contributed by atoms with Crippen molar-refractivity contribution >= 4 is 17.6 Å². The summed E-state index contributed by atoms with van der Waals surface area (Å²) in [6.45, 7) is 9.71. The van der Waals surface area contributed by atoms with Crippen LogP contribution in [-0.4, -0.2) is 41.5 Å². The van der Waals surface area contributed by atoms with Gasteiger partial charge >= 0.3 is 5.97 Å². The largest absolute Gasteiger partial charge is 0.478 e. The summed E-state index contributed by atoms with van der Waals surface area (Å²) in [6, 6.07) is 13.2. The van der Waals surface area contributed by atoms with E-state index in [0.717, 1.165) is 61.4 Å². The molecule has 0 atom stereocenters. The van der Waals surface area contributed by atoms with Gasteiger partial charge in [0.2, 0.25) is 5.91 Å². The molecule has 1 N–H and O–H groups in total. The summed E-state index contributed by atoms with van der Waals surface area (Å²) in [4.78, 5) is 28.4. The fraction of sp³-hybridized carbons (Fsp3) is 0.481. The third-order valence-corrected chi connectivity index (χ3v) is 6.07. The quantitative estimate of drug-likeness (QED) is 0.655. The molecule has 0 radical (unpaired) electrons. The maximum Gasteiger partial charge on any atom is 0.335 e. The van der Waals surface area contributed by atoms with Crippen LogP contribution in [0.15, 0.2) is 42.5 Å². The van der Waals surface area contributed by atoms with Crippen LogP contribution in [-0.2, 0) is 11.3 Å². The van der Waals surface area contributed by atoms with Gasteiger partial charge < -0.3 is 10.0 Å². The summed E-state index contributed by atoms with van der Waals surface area (Å²) in [5.74, 6) is -0.297. The van der Waals surface area contributed by atoms with E-state index in [2.05, 4.69) is 24.8 Å². The van der Waals surface area contributed by atoms with Crippen molar-refractivity contribution in [1.82, 2.24) is 4.90 Å². The SMILES string of the molecule is CC(=O)N1CCCCCCCN(CC(C)C)Cc2cc(-c3cccc(C(=O)O)c3)ccc21. The van der Waals surface area contributed by atoms with Crippen LogP contribution in [0.5, 0.6) is 0 Å². The van der Waals surface area contributed by atoms with Gasteiger partial charge in [0.05, 0.1) is 5.56 Å². The standard InChI is InChI=1S/C27H36N2O3/c1-20(2)18-28-14-7-5-4-6-8-15-29(21(3)30)26-13-12-23(17-25(26)19-28)22-10-9-11-24(16-22)27(31)32/h9-13,16-17,20H,4-8,14-15,18-19H2,1-3H3,(H,31,32). The maximum atomic E-state index is 12.6. The molecule has 2 aromatic rings. The van der Waals surface area contributed by atoms with Gasteiger partial charge in [-0.3, -0.25) is 9.69 Å². The van der Waals surface area contributed by atoms with Crippen LogP contribution in [0.1, 0.15) is 68.8 Å².